The first-order valence-electron chi connectivity index (χ1n) is 26.5. The molecule has 0 radical (unpaired) electrons. The first kappa shape index (κ1) is 55.8. The van der Waals surface area contributed by atoms with E-state index in [4.69, 9.17) is 33.3 Å². The van der Waals surface area contributed by atoms with Gasteiger partial charge in [-0.15, -0.1) is 22.7 Å². The molecular formula is C64H56N8O8S2. The molecular weight excluding hydrogens is 1070 g/mol. The third kappa shape index (κ3) is 13.2. The van der Waals surface area contributed by atoms with Crippen LogP contribution in [0.1, 0.15) is 39.7 Å². The van der Waals surface area contributed by atoms with E-state index < -0.39 is 5.91 Å². The zero-order valence-electron chi connectivity index (χ0n) is 45.3. The molecule has 0 aliphatic rings. The van der Waals surface area contributed by atoms with E-state index in [-0.39, 0.29) is 25.5 Å². The number of hydrogen-bond acceptors (Lipinski definition) is 17. The molecule has 12 rings (SSSR count). The van der Waals surface area contributed by atoms with Crippen LogP contribution in [0.15, 0.2) is 190 Å². The van der Waals surface area contributed by atoms with Gasteiger partial charge in [0.25, 0.3) is 23.6 Å². The normalized spacial score (nSPS) is 10.9. The van der Waals surface area contributed by atoms with E-state index in [9.17, 15) is 4.79 Å². The number of hydrogen-bond donors (Lipinski definition) is 3. The van der Waals surface area contributed by atoms with Crippen molar-refractivity contribution in [1.29, 1.82) is 0 Å². The molecule has 82 heavy (non-hydrogen) atoms. The number of aromatic nitrogens is 7. The number of benzene rings is 6. The molecule has 0 saturated carbocycles. The minimum atomic E-state index is -0.391. The number of aryl methyl sites for hydroxylation is 2. The van der Waals surface area contributed by atoms with Crippen molar-refractivity contribution < 1.29 is 38.1 Å². The van der Waals surface area contributed by atoms with Crippen LogP contribution >= 0.6 is 22.7 Å². The molecule has 0 aliphatic heterocycles. The van der Waals surface area contributed by atoms with Gasteiger partial charge in [0.05, 0.1) is 29.6 Å². The van der Waals surface area contributed by atoms with E-state index in [0.717, 1.165) is 31.8 Å². The summed E-state index contributed by atoms with van der Waals surface area (Å²) in [4.78, 5) is 34.1. The van der Waals surface area contributed by atoms with Gasteiger partial charge in [-0.2, -0.15) is 15.0 Å². The number of nitrogens with one attached hydrogen (secondary N) is 1. The zero-order chi connectivity index (χ0) is 56.8. The van der Waals surface area contributed by atoms with Gasteiger partial charge in [0.2, 0.25) is 17.5 Å². The van der Waals surface area contributed by atoms with Gasteiger partial charge in [0.1, 0.15) is 5.69 Å². The molecule has 0 unspecified atom stereocenters. The summed E-state index contributed by atoms with van der Waals surface area (Å²) in [5.41, 5.74) is 9.23. The number of carbonyl (C=O) groups excluding carboxylic acids is 1. The molecule has 6 aromatic carbocycles. The second kappa shape index (κ2) is 26.7. The molecule has 0 spiro atoms. The molecule has 16 nitrogen and oxygen atoms in total. The highest BCUT2D eigenvalue weighted by atomic mass is 32.1. The zero-order valence-corrected chi connectivity index (χ0v) is 46.9. The molecule has 0 bridgehead atoms. The molecule has 1 amide bonds. The van der Waals surface area contributed by atoms with Crippen LogP contribution < -0.4 is 14.8 Å². The summed E-state index contributed by atoms with van der Waals surface area (Å²) >= 11 is 3.33. The van der Waals surface area contributed by atoms with Crippen LogP contribution in [-0.4, -0.2) is 84.5 Å². The first-order chi connectivity index (χ1) is 40.2. The lowest BCUT2D eigenvalue weighted by Crippen LogP contribution is -2.27. The van der Waals surface area contributed by atoms with E-state index in [0.29, 0.717) is 77.4 Å². The van der Waals surface area contributed by atoms with Crippen LogP contribution in [-0.2, 0) is 6.42 Å². The Morgan fingerprint density at radius 1 is 0.524 bits per heavy atom. The molecule has 412 valence electrons. The predicted molar refractivity (Wildman–Crippen MR) is 319 cm³/mol. The lowest BCUT2D eigenvalue weighted by Gasteiger charge is -2.11. The van der Waals surface area contributed by atoms with Gasteiger partial charge in [0, 0.05) is 51.4 Å². The van der Waals surface area contributed by atoms with E-state index in [1.807, 2.05) is 92.7 Å². The number of thiophene rings is 2. The van der Waals surface area contributed by atoms with Crippen molar-refractivity contribution in [2.45, 2.75) is 34.1 Å². The summed E-state index contributed by atoms with van der Waals surface area (Å²) in [6.07, 6.45) is 2.14. The van der Waals surface area contributed by atoms with Crippen LogP contribution in [0.3, 0.4) is 0 Å². The van der Waals surface area contributed by atoms with Gasteiger partial charge in [0.15, 0.2) is 11.5 Å². The standard InChI is InChI=1S/C23H16N2OS.C21H18N2O2S.C20H22N4O5/c1-15-20(17-8-3-2-4-9-17)14-21(27-15)23-24-22(25-26-23)19-13-7-11-16-10-5-6-12-18(16)19;1-14-18(16-5-3-2-4-6-16)13-19(26-14)21-22-20(23-25-21)17-9-7-15(8-10-17)11-12-24;1-3-27-16-6-5-14(12-17(16)28-4-2)20-23-18(24-29-20)13-7-8-21-15(11-13)19(26)22-9-10-25/h2-14H,1H3;2-10,13,24H,11-12H2,1H3;5-8,11-12,25H,3-4,9-10H2,1-2H3,(H,22,26). The summed E-state index contributed by atoms with van der Waals surface area (Å²) in [5, 5.41) is 35.0. The van der Waals surface area contributed by atoms with Gasteiger partial charge in [-0.25, -0.2) is 0 Å². The van der Waals surface area contributed by atoms with E-state index in [2.05, 4.69) is 121 Å². The number of aliphatic hydroxyl groups excluding tert-OH is 2. The van der Waals surface area contributed by atoms with Crippen molar-refractivity contribution in [1.82, 2.24) is 40.7 Å². The number of aliphatic hydroxyl groups is 2. The van der Waals surface area contributed by atoms with Crippen LogP contribution in [0, 0.1) is 13.8 Å². The number of carbonyl (C=O) groups is 1. The maximum absolute atomic E-state index is 12.0. The molecule has 0 fully saturated rings. The fourth-order valence-corrected chi connectivity index (χ4v) is 10.8. The Kier molecular flexibility index (Phi) is 18.2. The van der Waals surface area contributed by atoms with Crippen molar-refractivity contribution in [3.05, 3.63) is 197 Å². The maximum atomic E-state index is 12.0. The summed E-state index contributed by atoms with van der Waals surface area (Å²) in [7, 11) is 0. The molecule has 6 aromatic heterocycles. The average Bonchev–Trinajstić information content (AvgIpc) is 4.56. The van der Waals surface area contributed by atoms with Crippen LogP contribution in [0.4, 0.5) is 0 Å². The van der Waals surface area contributed by atoms with Gasteiger partial charge in [-0.3, -0.25) is 9.78 Å². The second-order valence-electron chi connectivity index (χ2n) is 18.3. The predicted octanol–water partition coefficient (Wildman–Crippen LogP) is 13.9. The fourth-order valence-electron chi connectivity index (χ4n) is 8.82. The highest BCUT2D eigenvalue weighted by Gasteiger charge is 2.20. The molecule has 0 aliphatic carbocycles. The highest BCUT2D eigenvalue weighted by Crippen LogP contribution is 2.39. The lowest BCUT2D eigenvalue weighted by molar-refractivity contribution is 0.0939. The number of rotatable bonds is 17. The lowest BCUT2D eigenvalue weighted by atomic mass is 10.0. The molecule has 6 heterocycles. The first-order valence-corrected chi connectivity index (χ1v) is 28.1. The van der Waals surface area contributed by atoms with E-state index >= 15 is 0 Å². The van der Waals surface area contributed by atoms with E-state index in [1.54, 1.807) is 46.9 Å². The van der Waals surface area contributed by atoms with Crippen molar-refractivity contribution >= 4 is 39.4 Å². The molecule has 18 heteroatoms. The molecule has 12 aromatic rings. The minimum absolute atomic E-state index is 0.146. The summed E-state index contributed by atoms with van der Waals surface area (Å²) < 4.78 is 27.7. The van der Waals surface area contributed by atoms with Gasteiger partial charge < -0.3 is 38.6 Å². The van der Waals surface area contributed by atoms with Crippen molar-refractivity contribution in [2.75, 3.05) is 33.0 Å². The maximum Gasteiger partial charge on any atom is 0.269 e. The molecule has 0 atom stereocenters. The van der Waals surface area contributed by atoms with Crippen LogP contribution in [0.25, 0.3) is 100 Å². The summed E-state index contributed by atoms with van der Waals surface area (Å²) in [6.45, 7) is 9.20. The molecule has 3 N–H and O–H groups in total. The number of ether oxygens (including phenoxy) is 2. The Morgan fingerprint density at radius 3 is 1.73 bits per heavy atom. The van der Waals surface area contributed by atoms with Gasteiger partial charge >= 0.3 is 0 Å². The van der Waals surface area contributed by atoms with Crippen molar-refractivity contribution in [3.8, 4) is 101 Å². The van der Waals surface area contributed by atoms with Gasteiger partial charge in [-0.05, 0) is 115 Å². The quantitative estimate of drug-likeness (QED) is 0.0772. The Labute approximate surface area is 480 Å². The van der Waals surface area contributed by atoms with Crippen molar-refractivity contribution in [3.63, 3.8) is 0 Å². The number of pyridine rings is 1. The summed E-state index contributed by atoms with van der Waals surface area (Å²) in [5.74, 6) is 3.78. The third-order valence-corrected chi connectivity index (χ3v) is 14.9. The second-order valence-corrected chi connectivity index (χ2v) is 20.8. The summed E-state index contributed by atoms with van der Waals surface area (Å²) in [6, 6.07) is 55.8. The monoisotopic (exact) mass is 1130 g/mol. The smallest absolute Gasteiger partial charge is 0.269 e. The Balaban J connectivity index is 0.000000138. The fraction of sp³-hybridized carbons (Fsp3) is 0.156. The SMILES string of the molecule is CCOc1ccc(-c2nc(-c3ccnc(C(=O)NCCO)c3)no2)cc1OCC.Cc1sc(-c2nc(-c3ccc(CCO)cc3)no2)cc1-c1ccccc1.Cc1sc(-c2nc(-c3cccc4ccccc34)no2)cc1-c1ccccc1. The number of fused-ring (bicyclic) bond motifs is 1. The molecule has 0 saturated heterocycles. The largest absolute Gasteiger partial charge is 0.490 e. The Bertz CT molecular complexity index is 4040. The van der Waals surface area contributed by atoms with E-state index in [1.165, 1.54) is 43.6 Å². The number of nitrogens with zero attached hydrogens (tertiary/aromatic N) is 7. The van der Waals surface area contributed by atoms with Crippen molar-refractivity contribution in [2.24, 2.45) is 0 Å². The minimum Gasteiger partial charge on any atom is -0.490 e. The van der Waals surface area contributed by atoms with Crippen LogP contribution in [0.2, 0.25) is 0 Å². The Hall–Kier alpha value is -9.46. The van der Waals surface area contributed by atoms with Crippen LogP contribution in [0.5, 0.6) is 11.5 Å². The average molecular weight is 1130 g/mol. The topological polar surface area (TPSA) is 218 Å². The number of amides is 1. The third-order valence-electron chi connectivity index (χ3n) is 12.8. The van der Waals surface area contributed by atoms with Gasteiger partial charge in [-0.1, -0.05) is 143 Å². The Morgan fingerprint density at radius 2 is 1.09 bits per heavy atom. The highest BCUT2D eigenvalue weighted by molar-refractivity contribution is 7.16.